The molecule has 0 saturated carbocycles. The van der Waals surface area contributed by atoms with E-state index in [2.05, 4.69) is 19.2 Å². The molecule has 0 saturated heterocycles. The van der Waals surface area contributed by atoms with Gasteiger partial charge in [-0.1, -0.05) is 19.9 Å². The second-order valence-corrected chi connectivity index (χ2v) is 5.20. The minimum absolute atomic E-state index is 0.499. The van der Waals surface area contributed by atoms with E-state index in [-0.39, 0.29) is 0 Å². The third kappa shape index (κ3) is 3.82. The lowest BCUT2D eigenvalue weighted by Crippen LogP contribution is -2.04. The fourth-order valence-corrected chi connectivity index (χ4v) is 1.78. The topological polar surface area (TPSA) is 73.3 Å². The molecule has 4 nitrogen and oxygen atoms in total. The second kappa shape index (κ2) is 6.19. The first-order chi connectivity index (χ1) is 9.54. The molecule has 0 aromatic heterocycles. The summed E-state index contributed by atoms with van der Waals surface area (Å²) >= 11 is 0. The van der Waals surface area contributed by atoms with Gasteiger partial charge in [0, 0.05) is 17.4 Å². The average molecular weight is 271 g/mol. The molecule has 0 fully saturated rings. The molecular weight excluding hydrogens is 250 g/mol. The van der Waals surface area contributed by atoms with Crippen molar-refractivity contribution in [2.75, 3.05) is 23.4 Å². The molecular formula is C16H21N3O. The van der Waals surface area contributed by atoms with E-state index >= 15 is 0 Å². The Morgan fingerprint density at radius 3 is 2.60 bits per heavy atom. The first-order valence-electron chi connectivity index (χ1n) is 6.69. The van der Waals surface area contributed by atoms with Crippen LogP contribution in [0, 0.1) is 5.92 Å². The summed E-state index contributed by atoms with van der Waals surface area (Å²) in [6.45, 7) is 4.95. The number of hydrogen-bond donors (Lipinski definition) is 3. The van der Waals surface area contributed by atoms with E-state index in [4.69, 9.17) is 16.2 Å². The van der Waals surface area contributed by atoms with Crippen LogP contribution in [0.5, 0.6) is 5.75 Å². The zero-order valence-electron chi connectivity index (χ0n) is 11.9. The molecule has 106 valence electrons. The molecule has 0 bridgehead atoms. The lowest BCUT2D eigenvalue weighted by Gasteiger charge is -2.12. The summed E-state index contributed by atoms with van der Waals surface area (Å²) in [6.07, 6.45) is 0. The molecule has 0 amide bonds. The van der Waals surface area contributed by atoms with Crippen LogP contribution in [0.2, 0.25) is 0 Å². The molecule has 2 rings (SSSR count). The molecule has 0 spiro atoms. The van der Waals surface area contributed by atoms with Crippen molar-refractivity contribution in [2.45, 2.75) is 13.8 Å². The zero-order valence-corrected chi connectivity index (χ0v) is 11.9. The average Bonchev–Trinajstić information content (AvgIpc) is 2.40. The molecule has 0 aliphatic heterocycles. The van der Waals surface area contributed by atoms with Crippen LogP contribution in [-0.2, 0) is 0 Å². The van der Waals surface area contributed by atoms with Crippen molar-refractivity contribution in [3.8, 4) is 5.75 Å². The van der Waals surface area contributed by atoms with Crippen molar-refractivity contribution in [3.05, 3.63) is 42.5 Å². The number of benzene rings is 2. The van der Waals surface area contributed by atoms with Gasteiger partial charge in [0.05, 0.1) is 18.0 Å². The number of nitrogens with one attached hydrogen (secondary N) is 1. The number of ether oxygens (including phenoxy) is 1. The van der Waals surface area contributed by atoms with Crippen LogP contribution in [0.3, 0.4) is 0 Å². The highest BCUT2D eigenvalue weighted by atomic mass is 16.5. The zero-order chi connectivity index (χ0) is 14.5. The van der Waals surface area contributed by atoms with Gasteiger partial charge in [-0.3, -0.25) is 0 Å². The van der Waals surface area contributed by atoms with Gasteiger partial charge in [0.1, 0.15) is 5.75 Å². The Morgan fingerprint density at radius 1 is 1.10 bits per heavy atom. The Kier molecular flexibility index (Phi) is 4.35. The van der Waals surface area contributed by atoms with E-state index in [1.807, 2.05) is 36.4 Å². The number of rotatable bonds is 5. The Balaban J connectivity index is 2.11. The summed E-state index contributed by atoms with van der Waals surface area (Å²) in [4.78, 5) is 0. The van der Waals surface area contributed by atoms with Gasteiger partial charge in [-0.2, -0.15) is 0 Å². The molecule has 2 aromatic rings. The van der Waals surface area contributed by atoms with E-state index < -0.39 is 0 Å². The van der Waals surface area contributed by atoms with Gasteiger partial charge in [-0.05, 0) is 36.2 Å². The van der Waals surface area contributed by atoms with E-state index in [9.17, 15) is 0 Å². The van der Waals surface area contributed by atoms with E-state index in [0.29, 0.717) is 23.9 Å². The summed E-state index contributed by atoms with van der Waals surface area (Å²) in [7, 11) is 0. The normalized spacial score (nSPS) is 10.6. The molecule has 0 unspecified atom stereocenters. The van der Waals surface area contributed by atoms with Crippen LogP contribution < -0.4 is 21.5 Å². The predicted molar refractivity (Wildman–Crippen MR) is 85.3 cm³/mol. The molecule has 0 heterocycles. The van der Waals surface area contributed by atoms with Crippen molar-refractivity contribution in [2.24, 2.45) is 5.92 Å². The lowest BCUT2D eigenvalue weighted by atomic mass is 10.2. The third-order valence-electron chi connectivity index (χ3n) is 2.77. The maximum Gasteiger partial charge on any atom is 0.121 e. The highest BCUT2D eigenvalue weighted by molar-refractivity contribution is 5.75. The van der Waals surface area contributed by atoms with Crippen molar-refractivity contribution >= 4 is 22.7 Å². The van der Waals surface area contributed by atoms with Crippen LogP contribution >= 0.6 is 0 Å². The minimum Gasteiger partial charge on any atom is -0.493 e. The minimum atomic E-state index is 0.499. The van der Waals surface area contributed by atoms with Gasteiger partial charge in [-0.15, -0.1) is 0 Å². The van der Waals surface area contributed by atoms with Crippen molar-refractivity contribution in [1.29, 1.82) is 0 Å². The molecule has 0 aliphatic rings. The third-order valence-corrected chi connectivity index (χ3v) is 2.77. The monoisotopic (exact) mass is 271 g/mol. The van der Waals surface area contributed by atoms with Gasteiger partial charge >= 0.3 is 0 Å². The molecule has 4 heteroatoms. The van der Waals surface area contributed by atoms with Crippen molar-refractivity contribution in [3.63, 3.8) is 0 Å². The summed E-state index contributed by atoms with van der Waals surface area (Å²) in [5.74, 6) is 1.34. The molecule has 0 aliphatic carbocycles. The van der Waals surface area contributed by atoms with Crippen molar-refractivity contribution < 1.29 is 4.74 Å². The van der Waals surface area contributed by atoms with E-state index in [1.54, 1.807) is 6.07 Å². The van der Waals surface area contributed by atoms with E-state index in [1.165, 1.54) is 0 Å². The predicted octanol–water partition coefficient (Wildman–Crippen LogP) is 3.63. The van der Waals surface area contributed by atoms with Gasteiger partial charge < -0.3 is 21.5 Å². The van der Waals surface area contributed by atoms with Gasteiger partial charge in [0.2, 0.25) is 0 Å². The van der Waals surface area contributed by atoms with Crippen LogP contribution in [0.15, 0.2) is 42.5 Å². The van der Waals surface area contributed by atoms with Crippen LogP contribution in [0.25, 0.3) is 0 Å². The maximum absolute atomic E-state index is 5.93. The van der Waals surface area contributed by atoms with Gasteiger partial charge in [0.25, 0.3) is 0 Å². The summed E-state index contributed by atoms with van der Waals surface area (Å²) in [5, 5.41) is 3.27. The molecule has 0 atom stereocenters. The van der Waals surface area contributed by atoms with Gasteiger partial charge in [0.15, 0.2) is 0 Å². The summed E-state index contributed by atoms with van der Waals surface area (Å²) < 4.78 is 5.70. The molecule has 2 aromatic carbocycles. The summed E-state index contributed by atoms with van der Waals surface area (Å²) in [5.41, 5.74) is 14.7. The Labute approximate surface area is 119 Å². The van der Waals surface area contributed by atoms with Crippen LogP contribution in [0.4, 0.5) is 22.7 Å². The smallest absolute Gasteiger partial charge is 0.121 e. The Morgan fingerprint density at radius 2 is 1.90 bits per heavy atom. The molecule has 5 N–H and O–H groups in total. The second-order valence-electron chi connectivity index (χ2n) is 5.20. The quantitative estimate of drug-likeness (QED) is 0.726. The highest BCUT2D eigenvalue weighted by Crippen LogP contribution is 2.27. The summed E-state index contributed by atoms with van der Waals surface area (Å²) in [6, 6.07) is 13.2. The SMILES string of the molecule is CC(C)COc1cccc(Nc2ccc(N)cc2N)c1. The lowest BCUT2D eigenvalue weighted by molar-refractivity contribution is 0.271. The number of anilines is 4. The van der Waals surface area contributed by atoms with Crippen LogP contribution in [-0.4, -0.2) is 6.61 Å². The number of nitrogen functional groups attached to an aromatic ring is 2. The van der Waals surface area contributed by atoms with E-state index in [0.717, 1.165) is 17.1 Å². The van der Waals surface area contributed by atoms with Crippen LogP contribution in [0.1, 0.15) is 13.8 Å². The number of hydrogen-bond acceptors (Lipinski definition) is 4. The Hall–Kier alpha value is -2.36. The maximum atomic E-state index is 5.93. The Bertz CT molecular complexity index is 582. The number of nitrogens with two attached hydrogens (primary N) is 2. The first-order valence-corrected chi connectivity index (χ1v) is 6.69. The molecule has 0 radical (unpaired) electrons. The van der Waals surface area contributed by atoms with Crippen molar-refractivity contribution in [1.82, 2.24) is 0 Å². The molecule has 20 heavy (non-hydrogen) atoms. The largest absolute Gasteiger partial charge is 0.493 e. The standard InChI is InChI=1S/C16H21N3O/c1-11(2)10-20-14-5-3-4-13(9-14)19-16-7-6-12(17)8-15(16)18/h3-9,11,19H,10,17-18H2,1-2H3. The fourth-order valence-electron chi connectivity index (χ4n) is 1.78. The van der Waals surface area contributed by atoms with Gasteiger partial charge in [-0.25, -0.2) is 0 Å². The highest BCUT2D eigenvalue weighted by Gasteiger charge is 2.02. The fraction of sp³-hybridized carbons (Fsp3) is 0.250. The first kappa shape index (κ1) is 14.1.